The zero-order valence-electron chi connectivity index (χ0n) is 16.9. The summed E-state index contributed by atoms with van der Waals surface area (Å²) in [5.74, 6) is 0.416. The molecule has 2 aromatic rings. The van der Waals surface area contributed by atoms with E-state index in [-0.39, 0.29) is 16.7 Å². The highest BCUT2D eigenvalue weighted by atomic mass is 35.5. The van der Waals surface area contributed by atoms with Crippen molar-refractivity contribution in [3.8, 4) is 5.75 Å². The van der Waals surface area contributed by atoms with Crippen LogP contribution in [0.4, 0.5) is 17.2 Å². The highest BCUT2D eigenvalue weighted by Gasteiger charge is 2.38. The van der Waals surface area contributed by atoms with E-state index in [1.807, 2.05) is 19.1 Å². The van der Waals surface area contributed by atoms with Gasteiger partial charge in [0, 0.05) is 37.4 Å². The van der Waals surface area contributed by atoms with Gasteiger partial charge < -0.3 is 20.7 Å². The number of halogens is 1. The number of nitrogens with two attached hydrogens (primary N) is 1. The van der Waals surface area contributed by atoms with Crippen LogP contribution in [0, 0.1) is 0 Å². The second kappa shape index (κ2) is 7.59. The lowest BCUT2D eigenvalue weighted by Gasteiger charge is -2.45. The molecule has 1 amide bonds. The summed E-state index contributed by atoms with van der Waals surface area (Å²) in [6, 6.07) is 7.10. The van der Waals surface area contributed by atoms with Gasteiger partial charge in [0.2, 0.25) is 0 Å². The van der Waals surface area contributed by atoms with Crippen LogP contribution < -0.4 is 20.7 Å². The number of rotatable bonds is 5. The average molecular weight is 429 g/mol. The van der Waals surface area contributed by atoms with E-state index in [0.29, 0.717) is 24.8 Å². The Labute approximate surface area is 180 Å². The standard InChI is InChI=1S/C21H25ClN6O2/c1-2-15-19(22)26-21(18(25-15)20(23)29)24-12-3-6-16-17(9-12)30-11-14-10-27(13-4-5-13)7-8-28(14)16/h3,6,9,13-14H,2,4-5,7-8,10-11H2,1H3,(H2,23,29)(H,24,26)/t14-/m1/s1. The maximum Gasteiger partial charge on any atom is 0.271 e. The lowest BCUT2D eigenvalue weighted by Crippen LogP contribution is -2.57. The smallest absolute Gasteiger partial charge is 0.271 e. The Morgan fingerprint density at radius 3 is 2.87 bits per heavy atom. The third-order valence-electron chi connectivity index (χ3n) is 6.03. The summed E-state index contributed by atoms with van der Waals surface area (Å²) in [6.07, 6.45) is 3.23. The van der Waals surface area contributed by atoms with Crippen molar-refractivity contribution in [3.63, 3.8) is 0 Å². The van der Waals surface area contributed by atoms with Gasteiger partial charge in [-0.15, -0.1) is 0 Å². The number of ether oxygens (including phenoxy) is 1. The van der Waals surface area contributed by atoms with Crippen LogP contribution >= 0.6 is 11.6 Å². The normalized spacial score (nSPS) is 20.9. The van der Waals surface area contributed by atoms with Crippen LogP contribution in [-0.4, -0.2) is 59.1 Å². The molecular formula is C21H25ClN6O2. The number of hydrogen-bond donors (Lipinski definition) is 2. The van der Waals surface area contributed by atoms with Crippen LogP contribution in [0.5, 0.6) is 5.75 Å². The van der Waals surface area contributed by atoms with E-state index in [1.54, 1.807) is 0 Å². The third-order valence-corrected chi connectivity index (χ3v) is 6.33. The number of benzene rings is 1. The molecule has 1 saturated carbocycles. The first-order valence-electron chi connectivity index (χ1n) is 10.4. The fourth-order valence-corrected chi connectivity index (χ4v) is 4.57. The number of fused-ring (bicyclic) bond motifs is 3. The number of piperazine rings is 1. The van der Waals surface area contributed by atoms with Crippen molar-refractivity contribution in [1.82, 2.24) is 14.9 Å². The number of primary amides is 1. The molecule has 2 aliphatic heterocycles. The van der Waals surface area contributed by atoms with E-state index < -0.39 is 5.91 Å². The minimum absolute atomic E-state index is 0.0751. The lowest BCUT2D eigenvalue weighted by atomic mass is 10.1. The second-order valence-electron chi connectivity index (χ2n) is 8.07. The topological polar surface area (TPSA) is 96.6 Å². The molecule has 1 saturated heterocycles. The van der Waals surface area contributed by atoms with Gasteiger partial charge in [0.05, 0.1) is 17.4 Å². The third kappa shape index (κ3) is 3.54. The number of aromatic nitrogens is 2. The molecule has 9 heteroatoms. The van der Waals surface area contributed by atoms with E-state index >= 15 is 0 Å². The fraction of sp³-hybridized carbons (Fsp3) is 0.476. The quantitative estimate of drug-likeness (QED) is 0.755. The maximum atomic E-state index is 11.9. The van der Waals surface area contributed by atoms with Gasteiger partial charge in [-0.3, -0.25) is 9.69 Å². The number of carbonyl (C=O) groups excluding carboxylic acids is 1. The molecule has 2 fully saturated rings. The number of aryl methyl sites for hydroxylation is 1. The molecule has 1 atom stereocenters. The van der Waals surface area contributed by atoms with E-state index in [0.717, 1.165) is 42.8 Å². The summed E-state index contributed by atoms with van der Waals surface area (Å²) in [5.41, 5.74) is 7.96. The molecule has 0 bridgehead atoms. The van der Waals surface area contributed by atoms with Gasteiger partial charge in [0.1, 0.15) is 12.4 Å². The summed E-state index contributed by atoms with van der Waals surface area (Å²) in [4.78, 5) is 25.5. The van der Waals surface area contributed by atoms with Gasteiger partial charge in [0.15, 0.2) is 16.7 Å². The largest absolute Gasteiger partial charge is 0.489 e. The molecule has 0 radical (unpaired) electrons. The van der Waals surface area contributed by atoms with Crippen molar-refractivity contribution < 1.29 is 9.53 Å². The van der Waals surface area contributed by atoms with Crippen molar-refractivity contribution >= 4 is 34.7 Å². The minimum Gasteiger partial charge on any atom is -0.489 e. The van der Waals surface area contributed by atoms with Gasteiger partial charge in [-0.2, -0.15) is 0 Å². The Morgan fingerprint density at radius 1 is 1.30 bits per heavy atom. The Hall–Kier alpha value is -2.58. The lowest BCUT2D eigenvalue weighted by molar-refractivity contribution is 0.0996. The molecular weight excluding hydrogens is 404 g/mol. The van der Waals surface area contributed by atoms with E-state index in [9.17, 15) is 4.79 Å². The zero-order chi connectivity index (χ0) is 20.8. The Morgan fingerprint density at radius 2 is 2.13 bits per heavy atom. The summed E-state index contributed by atoms with van der Waals surface area (Å²) in [6.45, 7) is 5.73. The first-order valence-corrected chi connectivity index (χ1v) is 10.8. The Kier molecular flexibility index (Phi) is 4.91. The van der Waals surface area contributed by atoms with Crippen LogP contribution in [-0.2, 0) is 6.42 Å². The summed E-state index contributed by atoms with van der Waals surface area (Å²) in [7, 11) is 0. The Balaban J connectivity index is 1.38. The van der Waals surface area contributed by atoms with E-state index in [1.165, 1.54) is 12.8 Å². The molecule has 8 nitrogen and oxygen atoms in total. The van der Waals surface area contributed by atoms with Crippen LogP contribution in [0.25, 0.3) is 0 Å². The van der Waals surface area contributed by atoms with Crippen molar-refractivity contribution in [3.05, 3.63) is 34.7 Å². The Bertz CT molecular complexity index is 996. The first-order chi connectivity index (χ1) is 14.5. The van der Waals surface area contributed by atoms with E-state index in [2.05, 4.69) is 31.2 Å². The molecule has 3 N–H and O–H groups in total. The first kappa shape index (κ1) is 19.4. The molecule has 3 heterocycles. The van der Waals surface area contributed by atoms with Crippen LogP contribution in [0.2, 0.25) is 5.15 Å². The number of carbonyl (C=O) groups is 1. The van der Waals surface area contributed by atoms with Gasteiger partial charge in [-0.1, -0.05) is 18.5 Å². The number of anilines is 3. The van der Waals surface area contributed by atoms with Gasteiger partial charge >= 0.3 is 0 Å². The maximum absolute atomic E-state index is 11.9. The van der Waals surface area contributed by atoms with Crippen LogP contribution in [0.15, 0.2) is 18.2 Å². The fourth-order valence-electron chi connectivity index (χ4n) is 4.31. The molecule has 1 aromatic heterocycles. The molecule has 1 aromatic carbocycles. The second-order valence-corrected chi connectivity index (χ2v) is 8.43. The molecule has 5 rings (SSSR count). The molecule has 30 heavy (non-hydrogen) atoms. The molecule has 0 spiro atoms. The van der Waals surface area contributed by atoms with Crippen molar-refractivity contribution in [2.24, 2.45) is 5.73 Å². The van der Waals surface area contributed by atoms with Crippen molar-refractivity contribution in [2.45, 2.75) is 38.3 Å². The predicted molar refractivity (Wildman–Crippen MR) is 116 cm³/mol. The number of nitrogens with one attached hydrogen (secondary N) is 1. The number of nitrogens with zero attached hydrogens (tertiary/aromatic N) is 4. The zero-order valence-corrected chi connectivity index (χ0v) is 17.7. The van der Waals surface area contributed by atoms with Crippen molar-refractivity contribution in [1.29, 1.82) is 0 Å². The number of hydrogen-bond acceptors (Lipinski definition) is 7. The van der Waals surface area contributed by atoms with Gasteiger partial charge in [-0.05, 0) is 31.4 Å². The molecule has 1 aliphatic carbocycles. The highest BCUT2D eigenvalue weighted by Crippen LogP contribution is 2.39. The summed E-state index contributed by atoms with van der Waals surface area (Å²) < 4.78 is 6.10. The summed E-state index contributed by atoms with van der Waals surface area (Å²) in [5, 5.41) is 3.39. The van der Waals surface area contributed by atoms with Gasteiger partial charge in [0.25, 0.3) is 5.91 Å². The highest BCUT2D eigenvalue weighted by molar-refractivity contribution is 6.30. The SMILES string of the molecule is CCc1nc(C(N)=O)c(Nc2ccc3c(c2)OC[C@H]2CN(C4CC4)CCN32)nc1Cl. The van der Waals surface area contributed by atoms with Gasteiger partial charge in [-0.25, -0.2) is 9.97 Å². The minimum atomic E-state index is -0.651. The van der Waals surface area contributed by atoms with Crippen LogP contribution in [0.3, 0.4) is 0 Å². The average Bonchev–Trinajstić information content (AvgIpc) is 3.58. The van der Waals surface area contributed by atoms with E-state index in [4.69, 9.17) is 22.1 Å². The van der Waals surface area contributed by atoms with Crippen molar-refractivity contribution in [2.75, 3.05) is 36.5 Å². The molecule has 0 unspecified atom stereocenters. The predicted octanol–water partition coefficient (Wildman–Crippen LogP) is 2.58. The summed E-state index contributed by atoms with van der Waals surface area (Å²) >= 11 is 6.20. The number of amides is 1. The monoisotopic (exact) mass is 428 g/mol. The molecule has 3 aliphatic rings. The molecule has 158 valence electrons. The van der Waals surface area contributed by atoms with Crippen LogP contribution in [0.1, 0.15) is 35.9 Å².